The lowest BCUT2D eigenvalue weighted by atomic mass is 10.0. The molecule has 0 aromatic carbocycles. The number of aliphatic carboxylic acids is 1. The summed E-state index contributed by atoms with van der Waals surface area (Å²) in [4.78, 5) is 26.7. The molecule has 0 aliphatic carbocycles. The third kappa shape index (κ3) is 5.02. The van der Waals surface area contributed by atoms with Crippen LogP contribution in [0, 0.1) is 17.8 Å². The Labute approximate surface area is 121 Å². The second kappa shape index (κ2) is 7.50. The molecule has 1 rings (SSSR count). The van der Waals surface area contributed by atoms with Crippen LogP contribution in [0.2, 0.25) is 0 Å². The first-order valence-corrected chi connectivity index (χ1v) is 7.58. The number of carbonyl (C=O) groups excluding carboxylic acids is 1. The van der Waals surface area contributed by atoms with Gasteiger partial charge < -0.3 is 14.9 Å². The Morgan fingerprint density at radius 2 is 1.55 bits per heavy atom. The Kier molecular flexibility index (Phi) is 6.30. The highest BCUT2D eigenvalue weighted by molar-refractivity contribution is 5.79. The number of rotatable bonds is 7. The first-order valence-electron chi connectivity index (χ1n) is 7.58. The van der Waals surface area contributed by atoms with Crippen molar-refractivity contribution in [3.05, 3.63) is 0 Å². The molecule has 1 fully saturated rings. The van der Waals surface area contributed by atoms with Crippen molar-refractivity contribution in [3.63, 3.8) is 0 Å². The van der Waals surface area contributed by atoms with E-state index in [4.69, 9.17) is 5.11 Å². The Bertz CT molecular complexity index is 324. The molecule has 0 saturated carbocycles. The molecule has 0 aromatic rings. The molecule has 116 valence electrons. The zero-order chi connectivity index (χ0) is 15.3. The van der Waals surface area contributed by atoms with E-state index in [1.165, 1.54) is 0 Å². The van der Waals surface area contributed by atoms with Gasteiger partial charge >= 0.3 is 12.0 Å². The number of urea groups is 1. The number of amides is 2. The standard InChI is InChI=1S/C15H28N2O3/c1-11(2)5-7-16(8-6-12(3)4)15(20)17-9-13(10-17)14(18)19/h11-13H,5-10H2,1-4H3,(H,18,19). The van der Waals surface area contributed by atoms with E-state index in [1.807, 2.05) is 4.90 Å². The van der Waals surface area contributed by atoms with Gasteiger partial charge in [-0.2, -0.15) is 0 Å². The zero-order valence-corrected chi connectivity index (χ0v) is 13.1. The minimum Gasteiger partial charge on any atom is -0.481 e. The summed E-state index contributed by atoms with van der Waals surface area (Å²) in [6, 6.07) is 0.00352. The lowest BCUT2D eigenvalue weighted by Crippen LogP contribution is -2.57. The van der Waals surface area contributed by atoms with Gasteiger partial charge in [-0.05, 0) is 24.7 Å². The van der Waals surface area contributed by atoms with Crippen LogP contribution in [0.1, 0.15) is 40.5 Å². The molecule has 1 aliphatic rings. The van der Waals surface area contributed by atoms with Crippen LogP contribution in [-0.4, -0.2) is 53.1 Å². The highest BCUT2D eigenvalue weighted by Crippen LogP contribution is 2.19. The number of hydrogen-bond donors (Lipinski definition) is 1. The van der Waals surface area contributed by atoms with Crippen LogP contribution in [0.5, 0.6) is 0 Å². The van der Waals surface area contributed by atoms with Gasteiger partial charge in [0, 0.05) is 26.2 Å². The van der Waals surface area contributed by atoms with E-state index in [0.717, 1.165) is 25.9 Å². The summed E-state index contributed by atoms with van der Waals surface area (Å²) in [5.74, 6) is -0.0547. The van der Waals surface area contributed by atoms with Crippen molar-refractivity contribution >= 4 is 12.0 Å². The average molecular weight is 284 g/mol. The summed E-state index contributed by atoms with van der Waals surface area (Å²) in [6.45, 7) is 10.8. The highest BCUT2D eigenvalue weighted by Gasteiger charge is 2.37. The van der Waals surface area contributed by atoms with Crippen LogP contribution in [0.3, 0.4) is 0 Å². The first-order chi connectivity index (χ1) is 9.31. The minimum absolute atomic E-state index is 0.00352. The Hall–Kier alpha value is -1.26. The fourth-order valence-electron chi connectivity index (χ4n) is 2.12. The van der Waals surface area contributed by atoms with Crippen LogP contribution < -0.4 is 0 Å². The van der Waals surface area contributed by atoms with Gasteiger partial charge in [0.1, 0.15) is 0 Å². The minimum atomic E-state index is -0.801. The maximum Gasteiger partial charge on any atom is 0.320 e. The predicted molar refractivity (Wildman–Crippen MR) is 78.6 cm³/mol. The summed E-state index contributed by atoms with van der Waals surface area (Å²) in [5, 5.41) is 8.87. The summed E-state index contributed by atoms with van der Waals surface area (Å²) in [7, 11) is 0. The fraction of sp³-hybridized carbons (Fsp3) is 0.867. The highest BCUT2D eigenvalue weighted by atomic mass is 16.4. The molecule has 5 heteroatoms. The molecular formula is C15H28N2O3. The topological polar surface area (TPSA) is 60.9 Å². The van der Waals surface area contributed by atoms with Gasteiger partial charge in [0.25, 0.3) is 0 Å². The van der Waals surface area contributed by atoms with E-state index >= 15 is 0 Å². The quantitative estimate of drug-likeness (QED) is 0.781. The normalized spacial score (nSPS) is 15.6. The molecule has 1 aliphatic heterocycles. The van der Waals surface area contributed by atoms with Crippen molar-refractivity contribution < 1.29 is 14.7 Å². The molecule has 20 heavy (non-hydrogen) atoms. The second-order valence-corrected chi connectivity index (χ2v) is 6.57. The maximum absolute atomic E-state index is 12.4. The van der Waals surface area contributed by atoms with E-state index in [9.17, 15) is 9.59 Å². The average Bonchev–Trinajstić information content (AvgIpc) is 2.25. The summed E-state index contributed by atoms with van der Waals surface area (Å²) < 4.78 is 0. The van der Waals surface area contributed by atoms with Gasteiger partial charge in [-0.3, -0.25) is 4.79 Å². The molecule has 5 nitrogen and oxygen atoms in total. The molecule has 1 saturated heterocycles. The van der Waals surface area contributed by atoms with Gasteiger partial charge in [0.05, 0.1) is 5.92 Å². The van der Waals surface area contributed by atoms with Crippen LogP contribution in [-0.2, 0) is 4.79 Å². The number of nitrogens with zero attached hydrogens (tertiary/aromatic N) is 2. The van der Waals surface area contributed by atoms with Crippen LogP contribution >= 0.6 is 0 Å². The predicted octanol–water partition coefficient (Wildman–Crippen LogP) is 2.52. The molecule has 0 atom stereocenters. The monoisotopic (exact) mass is 284 g/mol. The van der Waals surface area contributed by atoms with E-state index in [-0.39, 0.29) is 11.9 Å². The largest absolute Gasteiger partial charge is 0.481 e. The van der Waals surface area contributed by atoms with Gasteiger partial charge in [0.15, 0.2) is 0 Å². The SMILES string of the molecule is CC(C)CCN(CCC(C)C)C(=O)N1CC(C(=O)O)C1. The Balaban J connectivity index is 2.49. The second-order valence-electron chi connectivity index (χ2n) is 6.57. The van der Waals surface area contributed by atoms with Crippen LogP contribution in [0.4, 0.5) is 4.79 Å². The Morgan fingerprint density at radius 3 is 1.90 bits per heavy atom. The molecule has 0 unspecified atom stereocenters. The molecule has 0 aromatic heterocycles. The number of carboxylic acids is 1. The van der Waals surface area contributed by atoms with E-state index < -0.39 is 5.97 Å². The molecule has 1 heterocycles. The van der Waals surface area contributed by atoms with E-state index in [1.54, 1.807) is 4.90 Å². The number of carbonyl (C=O) groups is 2. The smallest absolute Gasteiger partial charge is 0.320 e. The van der Waals surface area contributed by atoms with Crippen molar-refractivity contribution in [1.82, 2.24) is 9.80 Å². The van der Waals surface area contributed by atoms with Gasteiger partial charge in [-0.25, -0.2) is 4.79 Å². The first kappa shape index (κ1) is 16.8. The van der Waals surface area contributed by atoms with Crippen molar-refractivity contribution in [2.24, 2.45) is 17.8 Å². The van der Waals surface area contributed by atoms with Crippen molar-refractivity contribution in [3.8, 4) is 0 Å². The fourth-order valence-corrected chi connectivity index (χ4v) is 2.12. The van der Waals surface area contributed by atoms with Crippen LogP contribution in [0.15, 0.2) is 0 Å². The third-order valence-electron chi connectivity index (χ3n) is 3.72. The molecule has 2 amide bonds. The Morgan fingerprint density at radius 1 is 1.10 bits per heavy atom. The summed E-state index contributed by atoms with van der Waals surface area (Å²) >= 11 is 0. The van der Waals surface area contributed by atoms with Crippen molar-refractivity contribution in [2.75, 3.05) is 26.2 Å². The van der Waals surface area contributed by atoms with E-state index in [0.29, 0.717) is 24.9 Å². The van der Waals surface area contributed by atoms with Gasteiger partial charge in [0.2, 0.25) is 0 Å². The van der Waals surface area contributed by atoms with E-state index in [2.05, 4.69) is 27.7 Å². The molecule has 0 radical (unpaired) electrons. The summed E-state index contributed by atoms with van der Waals surface area (Å²) in [5.41, 5.74) is 0. The molecule has 0 spiro atoms. The number of hydrogen-bond acceptors (Lipinski definition) is 2. The van der Waals surface area contributed by atoms with Gasteiger partial charge in [-0.15, -0.1) is 0 Å². The lowest BCUT2D eigenvalue weighted by molar-refractivity contribution is -0.146. The van der Waals surface area contributed by atoms with Crippen molar-refractivity contribution in [2.45, 2.75) is 40.5 Å². The van der Waals surface area contributed by atoms with Gasteiger partial charge in [-0.1, -0.05) is 27.7 Å². The number of likely N-dealkylation sites (tertiary alicyclic amines) is 1. The molecular weight excluding hydrogens is 256 g/mol. The summed E-state index contributed by atoms with van der Waals surface area (Å²) in [6.07, 6.45) is 1.97. The van der Waals surface area contributed by atoms with Crippen LogP contribution in [0.25, 0.3) is 0 Å². The number of carboxylic acid groups (broad SMARTS) is 1. The zero-order valence-electron chi connectivity index (χ0n) is 13.1. The lowest BCUT2D eigenvalue weighted by Gasteiger charge is -2.40. The molecule has 1 N–H and O–H groups in total. The molecule has 0 bridgehead atoms. The third-order valence-corrected chi connectivity index (χ3v) is 3.72. The van der Waals surface area contributed by atoms with Crippen molar-refractivity contribution in [1.29, 1.82) is 0 Å². The maximum atomic E-state index is 12.4.